The number of H-pyrrole nitrogens is 1. The molecule has 0 aliphatic carbocycles. The Morgan fingerprint density at radius 1 is 1.27 bits per heavy atom. The quantitative estimate of drug-likeness (QED) is 0.803. The van der Waals surface area contributed by atoms with Gasteiger partial charge in [0.05, 0.1) is 19.1 Å². The van der Waals surface area contributed by atoms with Crippen LogP contribution >= 0.6 is 0 Å². The molecule has 0 bridgehead atoms. The van der Waals surface area contributed by atoms with Crippen LogP contribution in [0.25, 0.3) is 11.3 Å². The summed E-state index contributed by atoms with van der Waals surface area (Å²) in [5, 5.41) is 7.10. The predicted octanol–water partition coefficient (Wildman–Crippen LogP) is 2.95. The average Bonchev–Trinajstić information content (AvgIpc) is 3.25. The SMILES string of the molecule is COc1ccc(-c2cc(N(C)C(=O)c3ccco3)n[nH]2)cc1. The summed E-state index contributed by atoms with van der Waals surface area (Å²) in [5.41, 5.74) is 1.77. The summed E-state index contributed by atoms with van der Waals surface area (Å²) in [6, 6.07) is 12.7. The summed E-state index contributed by atoms with van der Waals surface area (Å²) in [4.78, 5) is 13.6. The Balaban J connectivity index is 1.82. The Hall–Kier alpha value is -3.02. The second-order valence-electron chi connectivity index (χ2n) is 4.71. The van der Waals surface area contributed by atoms with Gasteiger partial charge >= 0.3 is 0 Å². The monoisotopic (exact) mass is 297 g/mol. The van der Waals surface area contributed by atoms with E-state index in [9.17, 15) is 4.79 Å². The Kier molecular flexibility index (Phi) is 3.65. The molecule has 6 heteroatoms. The Morgan fingerprint density at radius 2 is 2.05 bits per heavy atom. The van der Waals surface area contributed by atoms with Crippen LogP contribution in [0.4, 0.5) is 5.82 Å². The summed E-state index contributed by atoms with van der Waals surface area (Å²) in [6.45, 7) is 0. The van der Waals surface area contributed by atoms with Crippen LogP contribution in [0.3, 0.4) is 0 Å². The van der Waals surface area contributed by atoms with Crippen molar-refractivity contribution in [3.8, 4) is 17.0 Å². The first-order valence-electron chi connectivity index (χ1n) is 6.70. The van der Waals surface area contributed by atoms with Gasteiger partial charge in [-0.3, -0.25) is 14.8 Å². The second kappa shape index (κ2) is 5.77. The molecular weight excluding hydrogens is 282 g/mol. The lowest BCUT2D eigenvalue weighted by molar-refractivity contribution is 0.0966. The zero-order valence-corrected chi connectivity index (χ0v) is 12.2. The third-order valence-electron chi connectivity index (χ3n) is 3.35. The molecule has 3 aromatic rings. The maximum atomic E-state index is 12.2. The van der Waals surface area contributed by atoms with Gasteiger partial charge in [0.15, 0.2) is 11.6 Å². The number of hydrogen-bond donors (Lipinski definition) is 1. The number of nitrogens with zero attached hydrogens (tertiary/aromatic N) is 2. The molecule has 0 atom stereocenters. The average molecular weight is 297 g/mol. The number of hydrogen-bond acceptors (Lipinski definition) is 4. The maximum absolute atomic E-state index is 12.2. The second-order valence-corrected chi connectivity index (χ2v) is 4.71. The number of nitrogens with one attached hydrogen (secondary N) is 1. The third kappa shape index (κ3) is 2.58. The number of rotatable bonds is 4. The number of carbonyl (C=O) groups is 1. The third-order valence-corrected chi connectivity index (χ3v) is 3.35. The van der Waals surface area contributed by atoms with Gasteiger partial charge in [-0.25, -0.2) is 0 Å². The minimum Gasteiger partial charge on any atom is -0.497 e. The first kappa shape index (κ1) is 13.9. The van der Waals surface area contributed by atoms with Gasteiger partial charge in [-0.15, -0.1) is 0 Å². The molecule has 0 saturated carbocycles. The van der Waals surface area contributed by atoms with Crippen LogP contribution in [0.5, 0.6) is 5.75 Å². The van der Waals surface area contributed by atoms with E-state index in [1.807, 2.05) is 30.3 Å². The summed E-state index contributed by atoms with van der Waals surface area (Å²) >= 11 is 0. The van der Waals surface area contributed by atoms with E-state index in [0.717, 1.165) is 17.0 Å². The number of carbonyl (C=O) groups excluding carboxylic acids is 1. The van der Waals surface area contributed by atoms with E-state index in [0.29, 0.717) is 5.82 Å². The molecule has 0 fully saturated rings. The summed E-state index contributed by atoms with van der Waals surface area (Å²) < 4.78 is 10.2. The van der Waals surface area contributed by atoms with Gasteiger partial charge in [0.25, 0.3) is 5.91 Å². The molecule has 1 aromatic carbocycles. The lowest BCUT2D eigenvalue weighted by atomic mass is 10.1. The van der Waals surface area contributed by atoms with E-state index in [-0.39, 0.29) is 11.7 Å². The minimum atomic E-state index is -0.252. The van der Waals surface area contributed by atoms with E-state index in [1.165, 1.54) is 11.2 Å². The molecule has 0 saturated heterocycles. The predicted molar refractivity (Wildman–Crippen MR) is 82.0 cm³/mol. The Labute approximate surface area is 127 Å². The van der Waals surface area contributed by atoms with Crippen molar-refractivity contribution in [1.82, 2.24) is 10.2 Å². The molecule has 6 nitrogen and oxygen atoms in total. The van der Waals surface area contributed by atoms with Crippen LogP contribution in [0.1, 0.15) is 10.6 Å². The first-order valence-corrected chi connectivity index (χ1v) is 6.70. The Morgan fingerprint density at radius 3 is 2.68 bits per heavy atom. The highest BCUT2D eigenvalue weighted by molar-refractivity contribution is 6.03. The van der Waals surface area contributed by atoms with Gasteiger partial charge in [-0.05, 0) is 42.0 Å². The number of furan rings is 1. The zero-order chi connectivity index (χ0) is 15.5. The fraction of sp³-hybridized carbons (Fsp3) is 0.125. The summed E-state index contributed by atoms with van der Waals surface area (Å²) in [6.07, 6.45) is 1.47. The number of aromatic amines is 1. The van der Waals surface area contributed by atoms with E-state index in [2.05, 4.69) is 10.2 Å². The van der Waals surface area contributed by atoms with Crippen LogP contribution in [0.2, 0.25) is 0 Å². The van der Waals surface area contributed by atoms with Crippen LogP contribution in [0, 0.1) is 0 Å². The fourth-order valence-corrected chi connectivity index (χ4v) is 2.07. The highest BCUT2D eigenvalue weighted by Gasteiger charge is 2.18. The number of benzene rings is 1. The van der Waals surface area contributed by atoms with Crippen molar-refractivity contribution in [3.63, 3.8) is 0 Å². The molecule has 1 amide bonds. The van der Waals surface area contributed by atoms with Crippen molar-refractivity contribution in [2.75, 3.05) is 19.1 Å². The highest BCUT2D eigenvalue weighted by Crippen LogP contribution is 2.24. The van der Waals surface area contributed by atoms with E-state index < -0.39 is 0 Å². The van der Waals surface area contributed by atoms with E-state index >= 15 is 0 Å². The molecule has 0 spiro atoms. The zero-order valence-electron chi connectivity index (χ0n) is 12.2. The lowest BCUT2D eigenvalue weighted by Crippen LogP contribution is -2.26. The van der Waals surface area contributed by atoms with Crippen molar-refractivity contribution in [2.24, 2.45) is 0 Å². The molecule has 1 N–H and O–H groups in total. The molecule has 2 aromatic heterocycles. The highest BCUT2D eigenvalue weighted by atomic mass is 16.5. The molecule has 0 radical (unpaired) electrons. The van der Waals surface area contributed by atoms with Crippen LogP contribution in [-0.2, 0) is 0 Å². The smallest absolute Gasteiger partial charge is 0.294 e. The number of aromatic nitrogens is 2. The molecule has 22 heavy (non-hydrogen) atoms. The van der Waals surface area contributed by atoms with Crippen LogP contribution in [0.15, 0.2) is 53.1 Å². The van der Waals surface area contributed by atoms with Gasteiger partial charge in [-0.2, -0.15) is 5.10 Å². The first-order chi connectivity index (χ1) is 10.7. The Bertz CT molecular complexity index is 760. The summed E-state index contributed by atoms with van der Waals surface area (Å²) in [5.74, 6) is 1.33. The number of ether oxygens (including phenoxy) is 1. The topological polar surface area (TPSA) is 71.4 Å². The van der Waals surface area contributed by atoms with Gasteiger partial charge in [0.1, 0.15) is 5.75 Å². The number of amides is 1. The van der Waals surface area contributed by atoms with Crippen molar-refractivity contribution in [2.45, 2.75) is 0 Å². The van der Waals surface area contributed by atoms with Gasteiger partial charge in [0, 0.05) is 13.1 Å². The number of methoxy groups -OCH3 is 1. The normalized spacial score (nSPS) is 10.5. The molecule has 112 valence electrons. The molecule has 0 aliphatic heterocycles. The van der Waals surface area contributed by atoms with Crippen LogP contribution < -0.4 is 9.64 Å². The standard InChI is InChI=1S/C16H15N3O3/c1-19(16(20)14-4-3-9-22-14)15-10-13(17-18-15)11-5-7-12(21-2)8-6-11/h3-10H,1-2H3,(H,17,18). The van der Waals surface area contributed by atoms with Crippen molar-refractivity contribution < 1.29 is 13.9 Å². The van der Waals surface area contributed by atoms with Gasteiger partial charge in [-0.1, -0.05) is 0 Å². The van der Waals surface area contributed by atoms with E-state index in [4.69, 9.17) is 9.15 Å². The lowest BCUT2D eigenvalue weighted by Gasteiger charge is -2.11. The van der Waals surface area contributed by atoms with Gasteiger partial charge in [0.2, 0.25) is 0 Å². The minimum absolute atomic E-state index is 0.252. The van der Waals surface area contributed by atoms with Crippen molar-refractivity contribution >= 4 is 11.7 Å². The molecular formula is C16H15N3O3. The maximum Gasteiger partial charge on any atom is 0.294 e. The van der Waals surface area contributed by atoms with Crippen molar-refractivity contribution in [3.05, 3.63) is 54.5 Å². The van der Waals surface area contributed by atoms with E-state index in [1.54, 1.807) is 26.3 Å². The number of anilines is 1. The molecule has 0 aliphatic rings. The molecule has 3 rings (SSSR count). The van der Waals surface area contributed by atoms with Crippen molar-refractivity contribution in [1.29, 1.82) is 0 Å². The van der Waals surface area contributed by atoms with Gasteiger partial charge < -0.3 is 9.15 Å². The van der Waals surface area contributed by atoms with Crippen LogP contribution in [-0.4, -0.2) is 30.3 Å². The molecule has 2 heterocycles. The molecule has 0 unspecified atom stereocenters. The summed E-state index contributed by atoms with van der Waals surface area (Å²) in [7, 11) is 3.28. The largest absolute Gasteiger partial charge is 0.497 e. The fourth-order valence-electron chi connectivity index (χ4n) is 2.07.